The van der Waals surface area contributed by atoms with Gasteiger partial charge in [0.25, 0.3) is 5.95 Å². The fourth-order valence-electron chi connectivity index (χ4n) is 2.49. The first-order valence-corrected chi connectivity index (χ1v) is 7.35. The van der Waals surface area contributed by atoms with Crippen LogP contribution < -0.4 is 4.90 Å². The van der Waals surface area contributed by atoms with Crippen LogP contribution in [-0.4, -0.2) is 45.9 Å². The van der Waals surface area contributed by atoms with Crippen molar-refractivity contribution in [2.75, 3.05) is 24.7 Å². The first-order chi connectivity index (χ1) is 11.2. The Morgan fingerprint density at radius 1 is 1.39 bits per heavy atom. The number of benzene rings is 1. The maximum absolute atomic E-state index is 10.9. The number of aromatic nitrogens is 3. The third-order valence-electron chi connectivity index (χ3n) is 3.69. The standard InChI is InChI=1S/C15H17N5O3/c1-10-9-23-6-5-20(10)15-17-13(16-14(18-15)19-22)12-4-2-3-11(7-12)8-21/h2-4,7,10,21H,5-6,8-9H2,1H3/t10-/m0/s1. The number of nitroso groups, excluding NO2 is 1. The van der Waals surface area contributed by atoms with Crippen LogP contribution in [-0.2, 0) is 11.3 Å². The molecule has 0 amide bonds. The normalized spacial score (nSPS) is 18.0. The number of rotatable bonds is 4. The van der Waals surface area contributed by atoms with Crippen molar-refractivity contribution in [3.63, 3.8) is 0 Å². The van der Waals surface area contributed by atoms with E-state index >= 15 is 0 Å². The topological polar surface area (TPSA) is 101 Å². The second-order valence-corrected chi connectivity index (χ2v) is 5.33. The van der Waals surface area contributed by atoms with Crippen molar-refractivity contribution in [2.24, 2.45) is 5.18 Å². The van der Waals surface area contributed by atoms with Crippen LogP contribution in [0.2, 0.25) is 0 Å². The van der Waals surface area contributed by atoms with Crippen molar-refractivity contribution < 1.29 is 9.84 Å². The van der Waals surface area contributed by atoms with Crippen LogP contribution in [0.15, 0.2) is 29.4 Å². The zero-order valence-electron chi connectivity index (χ0n) is 12.7. The first-order valence-electron chi connectivity index (χ1n) is 7.35. The summed E-state index contributed by atoms with van der Waals surface area (Å²) in [5.41, 5.74) is 1.44. The average molecular weight is 315 g/mol. The van der Waals surface area contributed by atoms with Gasteiger partial charge in [0.1, 0.15) is 0 Å². The zero-order chi connectivity index (χ0) is 16.2. The van der Waals surface area contributed by atoms with Crippen LogP contribution in [0.25, 0.3) is 11.4 Å². The van der Waals surface area contributed by atoms with Gasteiger partial charge in [0.05, 0.1) is 25.9 Å². The van der Waals surface area contributed by atoms with Crippen molar-refractivity contribution in [2.45, 2.75) is 19.6 Å². The smallest absolute Gasteiger partial charge is 0.296 e. The van der Waals surface area contributed by atoms with Gasteiger partial charge in [-0.15, -0.1) is 4.91 Å². The Hall–Kier alpha value is -2.45. The summed E-state index contributed by atoms with van der Waals surface area (Å²) in [6.07, 6.45) is 0. The molecular formula is C15H17N5O3. The van der Waals surface area contributed by atoms with E-state index in [-0.39, 0.29) is 18.6 Å². The molecule has 1 N–H and O–H groups in total. The van der Waals surface area contributed by atoms with E-state index in [1.54, 1.807) is 18.2 Å². The summed E-state index contributed by atoms with van der Waals surface area (Å²) in [6.45, 7) is 3.72. The second kappa shape index (κ2) is 6.76. The van der Waals surface area contributed by atoms with Crippen LogP contribution in [0.3, 0.4) is 0 Å². The molecule has 8 nitrogen and oxygen atoms in total. The second-order valence-electron chi connectivity index (χ2n) is 5.33. The van der Waals surface area contributed by atoms with Crippen LogP contribution in [0.5, 0.6) is 0 Å². The van der Waals surface area contributed by atoms with Gasteiger partial charge in [0.2, 0.25) is 5.95 Å². The molecule has 0 radical (unpaired) electrons. The van der Waals surface area contributed by atoms with Crippen LogP contribution >= 0.6 is 0 Å². The van der Waals surface area contributed by atoms with Crippen LogP contribution in [0.4, 0.5) is 11.9 Å². The van der Waals surface area contributed by atoms with Gasteiger partial charge in [-0.1, -0.05) is 18.2 Å². The summed E-state index contributed by atoms with van der Waals surface area (Å²) in [4.78, 5) is 25.6. The van der Waals surface area contributed by atoms with E-state index in [0.717, 1.165) is 5.56 Å². The lowest BCUT2D eigenvalue weighted by molar-refractivity contribution is 0.0981. The third kappa shape index (κ3) is 3.33. The van der Waals surface area contributed by atoms with E-state index in [1.165, 1.54) is 0 Å². The summed E-state index contributed by atoms with van der Waals surface area (Å²) in [5, 5.41) is 12.1. The molecule has 3 rings (SSSR count). The summed E-state index contributed by atoms with van der Waals surface area (Å²) >= 11 is 0. The van der Waals surface area contributed by atoms with Gasteiger partial charge >= 0.3 is 0 Å². The summed E-state index contributed by atoms with van der Waals surface area (Å²) in [7, 11) is 0. The average Bonchev–Trinajstić information content (AvgIpc) is 2.61. The van der Waals surface area contributed by atoms with Gasteiger partial charge < -0.3 is 14.7 Å². The molecule has 1 aliphatic heterocycles. The number of morpholine rings is 1. The number of hydrogen-bond donors (Lipinski definition) is 1. The molecule has 23 heavy (non-hydrogen) atoms. The number of nitrogens with zero attached hydrogens (tertiary/aromatic N) is 5. The van der Waals surface area contributed by atoms with Crippen molar-refractivity contribution >= 4 is 11.9 Å². The Bertz CT molecular complexity index is 709. The molecule has 1 saturated heterocycles. The Balaban J connectivity index is 2.03. The predicted octanol–water partition coefficient (Wildman–Crippen LogP) is 1.65. The molecule has 0 saturated carbocycles. The number of aliphatic hydroxyl groups excluding tert-OH is 1. The van der Waals surface area contributed by atoms with Crippen molar-refractivity contribution in [3.05, 3.63) is 34.7 Å². The third-order valence-corrected chi connectivity index (χ3v) is 3.69. The molecule has 1 aliphatic rings. The van der Waals surface area contributed by atoms with Crippen LogP contribution in [0.1, 0.15) is 12.5 Å². The zero-order valence-corrected chi connectivity index (χ0v) is 12.7. The molecule has 2 aromatic rings. The highest BCUT2D eigenvalue weighted by Gasteiger charge is 2.23. The monoisotopic (exact) mass is 315 g/mol. The minimum Gasteiger partial charge on any atom is -0.392 e. The minimum atomic E-state index is -0.155. The highest BCUT2D eigenvalue weighted by atomic mass is 16.5. The fourth-order valence-corrected chi connectivity index (χ4v) is 2.49. The first kappa shape index (κ1) is 15.4. The Morgan fingerprint density at radius 2 is 2.26 bits per heavy atom. The quantitative estimate of drug-likeness (QED) is 0.856. The Morgan fingerprint density at radius 3 is 3.00 bits per heavy atom. The molecule has 1 atom stereocenters. The van der Waals surface area contributed by atoms with Gasteiger partial charge in [-0.05, 0) is 18.6 Å². The Labute approximate surface area is 133 Å². The molecular weight excluding hydrogens is 298 g/mol. The predicted molar refractivity (Wildman–Crippen MR) is 84.3 cm³/mol. The largest absolute Gasteiger partial charge is 0.392 e. The van der Waals surface area contributed by atoms with Crippen molar-refractivity contribution in [1.82, 2.24) is 15.0 Å². The Kier molecular flexibility index (Phi) is 4.54. The molecule has 1 aromatic carbocycles. The number of ether oxygens (including phenoxy) is 1. The summed E-state index contributed by atoms with van der Waals surface area (Å²) in [6, 6.07) is 7.29. The molecule has 0 bridgehead atoms. The van der Waals surface area contributed by atoms with E-state index in [4.69, 9.17) is 4.74 Å². The van der Waals surface area contributed by atoms with E-state index in [0.29, 0.717) is 37.1 Å². The molecule has 120 valence electrons. The van der Waals surface area contributed by atoms with E-state index < -0.39 is 0 Å². The maximum Gasteiger partial charge on any atom is 0.296 e. The summed E-state index contributed by atoms with van der Waals surface area (Å²) < 4.78 is 5.41. The van der Waals surface area contributed by atoms with Gasteiger partial charge in [-0.25, -0.2) is 0 Å². The van der Waals surface area contributed by atoms with Crippen LogP contribution in [0, 0.1) is 4.91 Å². The van der Waals surface area contributed by atoms with Gasteiger partial charge in [-0.2, -0.15) is 15.0 Å². The molecule has 8 heteroatoms. The van der Waals surface area contributed by atoms with Gasteiger partial charge in [0.15, 0.2) is 5.82 Å². The minimum absolute atomic E-state index is 0.0783. The lowest BCUT2D eigenvalue weighted by atomic mass is 10.1. The lowest BCUT2D eigenvalue weighted by Crippen LogP contribution is -2.44. The van der Waals surface area contributed by atoms with Gasteiger partial charge in [0, 0.05) is 17.3 Å². The lowest BCUT2D eigenvalue weighted by Gasteiger charge is -2.33. The summed E-state index contributed by atoms with van der Waals surface area (Å²) in [5.74, 6) is 0.617. The highest BCUT2D eigenvalue weighted by Crippen LogP contribution is 2.23. The number of hydrogen-bond acceptors (Lipinski definition) is 8. The number of aliphatic hydroxyl groups is 1. The fraction of sp³-hybridized carbons (Fsp3) is 0.400. The van der Waals surface area contributed by atoms with Gasteiger partial charge in [-0.3, -0.25) is 0 Å². The maximum atomic E-state index is 10.9. The van der Waals surface area contributed by atoms with Crippen molar-refractivity contribution in [3.8, 4) is 11.4 Å². The molecule has 1 aromatic heterocycles. The molecule has 0 unspecified atom stereocenters. The molecule has 0 spiro atoms. The molecule has 2 heterocycles. The highest BCUT2D eigenvalue weighted by molar-refractivity contribution is 5.59. The van der Waals surface area contributed by atoms with E-state index in [9.17, 15) is 10.0 Å². The SMILES string of the molecule is C[C@H]1COCCN1c1nc(N=O)nc(-c2cccc(CO)c2)n1. The molecule has 1 fully saturated rings. The van der Waals surface area contributed by atoms with E-state index in [2.05, 4.69) is 20.1 Å². The molecule has 0 aliphatic carbocycles. The number of anilines is 1. The van der Waals surface area contributed by atoms with Crippen molar-refractivity contribution in [1.29, 1.82) is 0 Å². The van der Waals surface area contributed by atoms with E-state index in [1.807, 2.05) is 17.9 Å².